The standard InChI is InChI=1S/C40H70O4.C8H4Cl2O2/c1-7-13-17-19-23-37(31-25-33(11-5)21-15-9-3)43-39(41)35-27-29-36(30-28-35)40(42)44-38(24-20-18-14-8-2)32-26-34(12-6)22-16-10-4;9-7(11)5-1-2-6(4-3-5)8(10)12/h27-30,33-34,37-38H,7-26,31-32H2,1-6H3;1-4H. The van der Waals surface area contributed by atoms with Gasteiger partial charge in [0.05, 0.1) is 11.1 Å². The molecular formula is C48H74Cl2O6. The van der Waals surface area contributed by atoms with E-state index in [-0.39, 0.29) is 24.1 Å². The Kier molecular flexibility index (Phi) is 29.6. The highest BCUT2D eigenvalue weighted by atomic mass is 35.5. The maximum absolute atomic E-state index is 13.2. The molecule has 2 aromatic carbocycles. The van der Waals surface area contributed by atoms with Crippen LogP contribution in [0.15, 0.2) is 48.5 Å². The van der Waals surface area contributed by atoms with Gasteiger partial charge < -0.3 is 9.47 Å². The molecule has 4 unspecified atom stereocenters. The van der Waals surface area contributed by atoms with E-state index in [9.17, 15) is 19.2 Å². The van der Waals surface area contributed by atoms with Crippen molar-refractivity contribution in [2.45, 2.75) is 195 Å². The summed E-state index contributed by atoms with van der Waals surface area (Å²) in [6.45, 7) is 13.5. The molecule has 0 spiro atoms. The van der Waals surface area contributed by atoms with E-state index in [4.69, 9.17) is 32.7 Å². The Morgan fingerprint density at radius 1 is 0.411 bits per heavy atom. The van der Waals surface area contributed by atoms with Crippen molar-refractivity contribution >= 4 is 45.6 Å². The van der Waals surface area contributed by atoms with Crippen molar-refractivity contribution in [1.29, 1.82) is 0 Å². The number of esters is 2. The van der Waals surface area contributed by atoms with E-state index in [1.54, 1.807) is 24.3 Å². The average Bonchev–Trinajstić information content (AvgIpc) is 3.21. The molecule has 4 atom stereocenters. The number of hydrogen-bond donors (Lipinski definition) is 0. The second-order valence-corrected chi connectivity index (χ2v) is 16.1. The molecule has 0 amide bonds. The number of hydrogen-bond acceptors (Lipinski definition) is 6. The van der Waals surface area contributed by atoms with Gasteiger partial charge >= 0.3 is 11.9 Å². The smallest absolute Gasteiger partial charge is 0.338 e. The van der Waals surface area contributed by atoms with E-state index in [1.807, 2.05) is 0 Å². The van der Waals surface area contributed by atoms with Gasteiger partial charge in [0.25, 0.3) is 10.5 Å². The third-order valence-corrected chi connectivity index (χ3v) is 11.3. The highest BCUT2D eigenvalue weighted by Crippen LogP contribution is 2.25. The van der Waals surface area contributed by atoms with Gasteiger partial charge in [0.1, 0.15) is 12.2 Å². The summed E-state index contributed by atoms with van der Waals surface area (Å²) in [5.41, 5.74) is 1.71. The van der Waals surface area contributed by atoms with Crippen molar-refractivity contribution in [3.63, 3.8) is 0 Å². The fraction of sp³-hybridized carbons (Fsp3) is 0.667. The zero-order valence-corrected chi connectivity index (χ0v) is 37.2. The third-order valence-electron chi connectivity index (χ3n) is 10.9. The van der Waals surface area contributed by atoms with Crippen LogP contribution in [-0.2, 0) is 9.47 Å². The lowest BCUT2D eigenvalue weighted by Gasteiger charge is -2.22. The van der Waals surface area contributed by atoms with Gasteiger partial charge in [-0.1, -0.05) is 131 Å². The van der Waals surface area contributed by atoms with Crippen LogP contribution in [0.3, 0.4) is 0 Å². The predicted molar refractivity (Wildman–Crippen MR) is 234 cm³/mol. The molecule has 0 bridgehead atoms. The number of benzene rings is 2. The second-order valence-electron chi connectivity index (χ2n) is 15.4. The molecule has 316 valence electrons. The topological polar surface area (TPSA) is 86.7 Å². The van der Waals surface area contributed by atoms with Gasteiger partial charge in [0.2, 0.25) is 0 Å². The molecule has 0 fully saturated rings. The second kappa shape index (κ2) is 32.3. The lowest BCUT2D eigenvalue weighted by atomic mass is 9.92. The van der Waals surface area contributed by atoms with Crippen LogP contribution in [0.25, 0.3) is 0 Å². The molecule has 56 heavy (non-hydrogen) atoms. The summed E-state index contributed by atoms with van der Waals surface area (Å²) in [7, 11) is 0. The molecule has 0 N–H and O–H groups in total. The van der Waals surface area contributed by atoms with Crippen molar-refractivity contribution in [2.75, 3.05) is 0 Å². The molecule has 8 heteroatoms. The molecule has 0 saturated carbocycles. The Morgan fingerprint density at radius 2 is 0.732 bits per heavy atom. The van der Waals surface area contributed by atoms with E-state index in [0.29, 0.717) is 34.1 Å². The van der Waals surface area contributed by atoms with Gasteiger partial charge in [-0.3, -0.25) is 9.59 Å². The largest absolute Gasteiger partial charge is 0.459 e. The Morgan fingerprint density at radius 3 is 1.02 bits per heavy atom. The molecule has 2 aromatic rings. The molecule has 0 aliphatic heterocycles. The van der Waals surface area contributed by atoms with E-state index < -0.39 is 10.5 Å². The van der Waals surface area contributed by atoms with Gasteiger partial charge in [-0.15, -0.1) is 0 Å². The van der Waals surface area contributed by atoms with Crippen LogP contribution in [0.1, 0.15) is 224 Å². The number of halogens is 2. The lowest BCUT2D eigenvalue weighted by Crippen LogP contribution is -2.21. The Hall–Kier alpha value is -2.70. The average molecular weight is 818 g/mol. The van der Waals surface area contributed by atoms with Gasteiger partial charge in [-0.2, -0.15) is 0 Å². The Bertz CT molecular complexity index is 1240. The predicted octanol–water partition coefficient (Wildman–Crippen LogP) is 15.1. The molecule has 0 heterocycles. The zero-order chi connectivity index (χ0) is 41.6. The minimum absolute atomic E-state index is 0.0441. The van der Waals surface area contributed by atoms with E-state index in [1.165, 1.54) is 114 Å². The molecular weight excluding hydrogens is 743 g/mol. The zero-order valence-electron chi connectivity index (χ0n) is 35.7. The third kappa shape index (κ3) is 22.9. The van der Waals surface area contributed by atoms with Crippen LogP contribution < -0.4 is 0 Å². The first-order valence-corrected chi connectivity index (χ1v) is 22.8. The molecule has 0 aliphatic rings. The fourth-order valence-corrected chi connectivity index (χ4v) is 7.22. The Labute approximate surface area is 350 Å². The summed E-state index contributed by atoms with van der Waals surface area (Å²) in [4.78, 5) is 47.5. The Balaban J connectivity index is 0.00000110. The molecule has 6 nitrogen and oxygen atoms in total. The molecule has 0 aliphatic carbocycles. The summed E-state index contributed by atoms with van der Waals surface area (Å²) in [6.07, 6.45) is 25.2. The number of carbonyl (C=O) groups is 4. The fourth-order valence-electron chi connectivity index (χ4n) is 6.97. The first kappa shape index (κ1) is 51.3. The number of rotatable bonds is 30. The van der Waals surface area contributed by atoms with Crippen LogP contribution in [0.5, 0.6) is 0 Å². The summed E-state index contributed by atoms with van der Waals surface area (Å²) in [5, 5.41) is -1.10. The SMILES string of the molecule is CCCCCCC(CCC(CC)CCCC)OC(=O)c1ccc(C(=O)OC(CCCCCC)CCC(CC)CCCC)cc1.O=C(Cl)c1ccc(C(=O)Cl)cc1. The van der Waals surface area contributed by atoms with Crippen molar-refractivity contribution in [3.05, 3.63) is 70.8 Å². The highest BCUT2D eigenvalue weighted by Gasteiger charge is 2.21. The van der Waals surface area contributed by atoms with Gasteiger partial charge in [0.15, 0.2) is 0 Å². The molecule has 0 saturated heterocycles. The van der Waals surface area contributed by atoms with E-state index >= 15 is 0 Å². The maximum atomic E-state index is 13.2. The van der Waals surface area contributed by atoms with E-state index in [2.05, 4.69) is 41.5 Å². The molecule has 2 rings (SSSR count). The van der Waals surface area contributed by atoms with Crippen LogP contribution in [0, 0.1) is 11.8 Å². The molecule has 0 aromatic heterocycles. The van der Waals surface area contributed by atoms with E-state index in [0.717, 1.165) is 51.4 Å². The van der Waals surface area contributed by atoms with Gasteiger partial charge in [-0.25, -0.2) is 9.59 Å². The first-order valence-electron chi connectivity index (χ1n) is 22.0. The van der Waals surface area contributed by atoms with Crippen LogP contribution in [0.4, 0.5) is 0 Å². The number of carbonyl (C=O) groups excluding carboxylic acids is 4. The quantitative estimate of drug-likeness (QED) is 0.0443. The van der Waals surface area contributed by atoms with Crippen molar-refractivity contribution in [2.24, 2.45) is 11.8 Å². The normalized spacial score (nSPS) is 13.1. The van der Waals surface area contributed by atoms with Crippen molar-refractivity contribution in [3.8, 4) is 0 Å². The van der Waals surface area contributed by atoms with Crippen molar-refractivity contribution in [1.82, 2.24) is 0 Å². The van der Waals surface area contributed by atoms with Crippen LogP contribution in [-0.4, -0.2) is 34.6 Å². The summed E-state index contributed by atoms with van der Waals surface area (Å²) in [5.74, 6) is 0.852. The summed E-state index contributed by atoms with van der Waals surface area (Å²) >= 11 is 10.4. The minimum Gasteiger partial charge on any atom is -0.459 e. The van der Waals surface area contributed by atoms with Crippen molar-refractivity contribution < 1.29 is 28.7 Å². The summed E-state index contributed by atoms with van der Waals surface area (Å²) in [6, 6.07) is 12.7. The van der Waals surface area contributed by atoms with Gasteiger partial charge in [-0.05, 0) is 135 Å². The van der Waals surface area contributed by atoms with Crippen LogP contribution in [0.2, 0.25) is 0 Å². The monoisotopic (exact) mass is 816 g/mol. The van der Waals surface area contributed by atoms with Crippen LogP contribution >= 0.6 is 23.2 Å². The summed E-state index contributed by atoms with van der Waals surface area (Å²) < 4.78 is 12.2. The maximum Gasteiger partial charge on any atom is 0.338 e. The molecule has 0 radical (unpaired) electrons. The van der Waals surface area contributed by atoms with Gasteiger partial charge in [0, 0.05) is 11.1 Å². The lowest BCUT2D eigenvalue weighted by molar-refractivity contribution is 0.0223. The highest BCUT2D eigenvalue weighted by molar-refractivity contribution is 6.68. The number of ether oxygens (including phenoxy) is 2. The first-order chi connectivity index (χ1) is 27.0. The minimum atomic E-state index is -0.552. The number of unbranched alkanes of at least 4 members (excludes halogenated alkanes) is 8.